The van der Waals surface area contributed by atoms with E-state index in [-0.39, 0.29) is 12.5 Å². The Morgan fingerprint density at radius 1 is 1.00 bits per heavy atom. The number of aromatic nitrogens is 2. The van der Waals surface area contributed by atoms with Gasteiger partial charge < -0.3 is 24.8 Å². The van der Waals surface area contributed by atoms with E-state index in [4.69, 9.17) is 4.74 Å². The molecule has 7 nitrogen and oxygen atoms in total. The molecular formula is C25H27N5O2. The summed E-state index contributed by atoms with van der Waals surface area (Å²) in [5.74, 6) is 0.763. The number of anilines is 3. The van der Waals surface area contributed by atoms with Gasteiger partial charge in [0.15, 0.2) is 5.82 Å². The monoisotopic (exact) mass is 429 g/mol. The summed E-state index contributed by atoms with van der Waals surface area (Å²) in [6, 6.07) is 18.6. The number of rotatable bonds is 6. The first-order valence-electron chi connectivity index (χ1n) is 11.1. The highest BCUT2D eigenvalue weighted by Crippen LogP contribution is 2.36. The molecule has 0 bridgehead atoms. The van der Waals surface area contributed by atoms with E-state index in [1.807, 2.05) is 17.0 Å². The fourth-order valence-electron chi connectivity index (χ4n) is 4.41. The molecule has 1 fully saturated rings. The molecule has 2 N–H and O–H groups in total. The number of hydrogen-bond donors (Lipinski definition) is 2. The Morgan fingerprint density at radius 3 is 2.62 bits per heavy atom. The van der Waals surface area contributed by atoms with Crippen molar-refractivity contribution in [3.63, 3.8) is 0 Å². The third-order valence-electron chi connectivity index (χ3n) is 5.97. The van der Waals surface area contributed by atoms with Crippen molar-refractivity contribution in [1.29, 1.82) is 0 Å². The molecule has 5 rings (SSSR count). The van der Waals surface area contributed by atoms with E-state index in [0.29, 0.717) is 32.1 Å². The highest BCUT2D eigenvalue weighted by molar-refractivity contribution is 6.14. The van der Waals surface area contributed by atoms with Crippen molar-refractivity contribution in [2.45, 2.75) is 13.5 Å². The minimum Gasteiger partial charge on any atom is -0.378 e. The number of aryl methyl sites for hydroxylation is 1. The van der Waals surface area contributed by atoms with Crippen LogP contribution in [0.3, 0.4) is 0 Å². The second-order valence-electron chi connectivity index (χ2n) is 7.83. The van der Waals surface area contributed by atoms with Crippen LogP contribution in [0.25, 0.3) is 21.8 Å². The molecule has 0 saturated carbocycles. The van der Waals surface area contributed by atoms with Gasteiger partial charge in [-0.15, -0.1) is 0 Å². The van der Waals surface area contributed by atoms with E-state index in [0.717, 1.165) is 17.9 Å². The van der Waals surface area contributed by atoms with Gasteiger partial charge in [0.05, 0.1) is 31.0 Å². The van der Waals surface area contributed by atoms with Crippen molar-refractivity contribution in [2.24, 2.45) is 0 Å². The molecule has 0 radical (unpaired) electrons. The fourth-order valence-corrected chi connectivity index (χ4v) is 4.41. The molecule has 7 heteroatoms. The van der Waals surface area contributed by atoms with Crippen LogP contribution >= 0.6 is 0 Å². The minimum atomic E-state index is 0.0659. The first-order chi connectivity index (χ1) is 15.8. The molecule has 0 atom stereocenters. The number of amides is 1. The zero-order valence-electron chi connectivity index (χ0n) is 18.2. The zero-order chi connectivity index (χ0) is 21.9. The van der Waals surface area contributed by atoms with Crippen molar-refractivity contribution in [3.05, 3.63) is 60.8 Å². The lowest BCUT2D eigenvalue weighted by atomic mass is 10.1. The van der Waals surface area contributed by atoms with Crippen LogP contribution in [0.2, 0.25) is 0 Å². The normalized spacial score (nSPS) is 14.1. The van der Waals surface area contributed by atoms with Crippen LogP contribution in [0.4, 0.5) is 17.2 Å². The topological polar surface area (TPSA) is 71.4 Å². The van der Waals surface area contributed by atoms with Crippen molar-refractivity contribution in [2.75, 3.05) is 43.5 Å². The maximum absolute atomic E-state index is 12.6. The lowest BCUT2D eigenvalue weighted by Gasteiger charge is -2.27. The van der Waals surface area contributed by atoms with Crippen LogP contribution in [0.15, 0.2) is 60.8 Å². The number of ether oxygens (including phenoxy) is 1. The van der Waals surface area contributed by atoms with Gasteiger partial charge in [-0.05, 0) is 37.3 Å². The Labute approximate surface area is 187 Å². The highest BCUT2D eigenvalue weighted by Gasteiger charge is 2.18. The highest BCUT2D eigenvalue weighted by atomic mass is 16.5. The number of para-hydroxylation sites is 1. The van der Waals surface area contributed by atoms with E-state index < -0.39 is 0 Å². The molecule has 0 unspecified atom stereocenters. The number of nitrogens with zero attached hydrogens (tertiary/aromatic N) is 3. The van der Waals surface area contributed by atoms with Gasteiger partial charge in [0.1, 0.15) is 0 Å². The van der Waals surface area contributed by atoms with Crippen LogP contribution in [0.5, 0.6) is 0 Å². The predicted octanol–water partition coefficient (Wildman–Crippen LogP) is 4.22. The molecule has 3 heterocycles. The minimum absolute atomic E-state index is 0.0659. The van der Waals surface area contributed by atoms with Gasteiger partial charge in [0, 0.05) is 47.8 Å². The number of fused-ring (bicyclic) bond motifs is 3. The van der Waals surface area contributed by atoms with Gasteiger partial charge in [-0.25, -0.2) is 4.98 Å². The molecule has 0 spiro atoms. The van der Waals surface area contributed by atoms with E-state index in [1.165, 1.54) is 21.8 Å². The van der Waals surface area contributed by atoms with Crippen LogP contribution < -0.4 is 10.6 Å². The van der Waals surface area contributed by atoms with E-state index in [9.17, 15) is 4.79 Å². The lowest BCUT2D eigenvalue weighted by molar-refractivity contribution is -0.133. The Morgan fingerprint density at radius 2 is 1.78 bits per heavy atom. The SMILES string of the molecule is CCn1c2ccccc2c2c(Nc3ncccc3NCC(=O)N3CCOCC3)cccc21. The summed E-state index contributed by atoms with van der Waals surface area (Å²) in [6.07, 6.45) is 1.76. The quantitative estimate of drug-likeness (QED) is 0.480. The first-order valence-corrected chi connectivity index (χ1v) is 11.1. The number of pyridine rings is 1. The second kappa shape index (κ2) is 8.88. The van der Waals surface area contributed by atoms with Gasteiger partial charge in [0.2, 0.25) is 5.91 Å². The number of hydrogen-bond acceptors (Lipinski definition) is 5. The zero-order valence-corrected chi connectivity index (χ0v) is 18.2. The molecule has 1 aliphatic rings. The fraction of sp³-hybridized carbons (Fsp3) is 0.280. The average molecular weight is 430 g/mol. The second-order valence-corrected chi connectivity index (χ2v) is 7.83. The summed E-state index contributed by atoms with van der Waals surface area (Å²) in [5, 5.41) is 9.17. The number of morpholine rings is 1. The number of benzene rings is 2. The lowest BCUT2D eigenvalue weighted by Crippen LogP contribution is -2.43. The maximum Gasteiger partial charge on any atom is 0.242 e. The summed E-state index contributed by atoms with van der Waals surface area (Å²) >= 11 is 0. The standard InChI is InChI=1S/C25H27N5O2/c1-2-30-21-10-4-3-7-18(21)24-19(8-5-11-22(24)30)28-25-20(9-6-12-26-25)27-17-23(31)29-13-15-32-16-14-29/h3-12,27H,2,13-17H2,1H3,(H,26,28). The predicted molar refractivity (Wildman–Crippen MR) is 129 cm³/mol. The molecule has 2 aromatic heterocycles. The Kier molecular flexibility index (Phi) is 5.64. The summed E-state index contributed by atoms with van der Waals surface area (Å²) in [7, 11) is 0. The molecular weight excluding hydrogens is 402 g/mol. The van der Waals surface area contributed by atoms with Gasteiger partial charge in [-0.2, -0.15) is 0 Å². The Bertz CT molecular complexity index is 1260. The molecule has 1 aliphatic heterocycles. The van der Waals surface area contributed by atoms with Crippen LogP contribution in [0, 0.1) is 0 Å². The number of nitrogens with one attached hydrogen (secondary N) is 2. The van der Waals surface area contributed by atoms with Crippen LogP contribution in [-0.4, -0.2) is 53.2 Å². The van der Waals surface area contributed by atoms with Gasteiger partial charge in [-0.3, -0.25) is 4.79 Å². The number of carbonyl (C=O) groups excluding carboxylic acids is 1. The third-order valence-corrected chi connectivity index (χ3v) is 5.97. The van der Waals surface area contributed by atoms with E-state index in [1.54, 1.807) is 6.20 Å². The van der Waals surface area contributed by atoms with Crippen molar-refractivity contribution >= 4 is 44.9 Å². The molecule has 1 amide bonds. The van der Waals surface area contributed by atoms with E-state index >= 15 is 0 Å². The Balaban J connectivity index is 1.44. The smallest absolute Gasteiger partial charge is 0.242 e. The molecule has 0 aliphatic carbocycles. The number of carbonyl (C=O) groups is 1. The maximum atomic E-state index is 12.6. The molecule has 4 aromatic rings. The van der Waals surface area contributed by atoms with Gasteiger partial charge >= 0.3 is 0 Å². The summed E-state index contributed by atoms with van der Waals surface area (Å²) < 4.78 is 7.67. The van der Waals surface area contributed by atoms with Crippen molar-refractivity contribution in [3.8, 4) is 0 Å². The van der Waals surface area contributed by atoms with Crippen LogP contribution in [-0.2, 0) is 16.1 Å². The van der Waals surface area contributed by atoms with E-state index in [2.05, 4.69) is 69.6 Å². The van der Waals surface area contributed by atoms with Crippen molar-refractivity contribution < 1.29 is 9.53 Å². The Hall–Kier alpha value is -3.58. The molecule has 2 aromatic carbocycles. The summed E-state index contributed by atoms with van der Waals surface area (Å²) in [4.78, 5) is 18.9. The summed E-state index contributed by atoms with van der Waals surface area (Å²) in [6.45, 7) is 5.76. The van der Waals surface area contributed by atoms with Gasteiger partial charge in [0.25, 0.3) is 0 Å². The average Bonchev–Trinajstić information content (AvgIpc) is 3.18. The van der Waals surface area contributed by atoms with Crippen LogP contribution in [0.1, 0.15) is 6.92 Å². The molecule has 1 saturated heterocycles. The largest absolute Gasteiger partial charge is 0.378 e. The molecule has 164 valence electrons. The van der Waals surface area contributed by atoms with Crippen molar-refractivity contribution in [1.82, 2.24) is 14.5 Å². The van der Waals surface area contributed by atoms with Gasteiger partial charge in [-0.1, -0.05) is 24.3 Å². The first kappa shape index (κ1) is 20.3. The third kappa shape index (κ3) is 3.76. The summed E-state index contributed by atoms with van der Waals surface area (Å²) in [5.41, 5.74) is 4.19. The molecule has 32 heavy (non-hydrogen) atoms.